The Hall–Kier alpha value is -1.36. The van der Waals surface area contributed by atoms with Gasteiger partial charge in [-0.25, -0.2) is 0 Å². The summed E-state index contributed by atoms with van der Waals surface area (Å²) in [6, 6.07) is 1.95. The lowest BCUT2D eigenvalue weighted by Crippen LogP contribution is -2.32. The summed E-state index contributed by atoms with van der Waals surface area (Å²) in [6.45, 7) is 4.26. The zero-order valence-corrected chi connectivity index (χ0v) is 12.5. The van der Waals surface area contributed by atoms with Crippen LogP contribution in [-0.4, -0.2) is 46.9 Å². The highest BCUT2D eigenvalue weighted by Gasteiger charge is 2.16. The first-order valence-corrected chi connectivity index (χ1v) is 7.51. The molecule has 1 aliphatic heterocycles. The molecular formula is C15H25N3O2. The van der Waals surface area contributed by atoms with Gasteiger partial charge < -0.3 is 9.64 Å². The number of rotatable bonds is 6. The monoisotopic (exact) mass is 279 g/mol. The van der Waals surface area contributed by atoms with Gasteiger partial charge in [0.15, 0.2) is 0 Å². The van der Waals surface area contributed by atoms with Crippen LogP contribution in [0.1, 0.15) is 37.8 Å². The number of carbonyl (C=O) groups excluding carboxylic acids is 1. The topological polar surface area (TPSA) is 47.4 Å². The highest BCUT2D eigenvalue weighted by molar-refractivity contribution is 5.75. The lowest BCUT2D eigenvalue weighted by molar-refractivity contribution is -0.130. The maximum absolute atomic E-state index is 12.0. The molecule has 0 radical (unpaired) electrons. The van der Waals surface area contributed by atoms with Gasteiger partial charge >= 0.3 is 0 Å². The van der Waals surface area contributed by atoms with Crippen LogP contribution in [0.15, 0.2) is 12.3 Å². The molecule has 5 nitrogen and oxygen atoms in total. The zero-order chi connectivity index (χ0) is 14.4. The van der Waals surface area contributed by atoms with Crippen LogP contribution in [0, 0.1) is 6.92 Å². The molecule has 0 bridgehead atoms. The van der Waals surface area contributed by atoms with E-state index >= 15 is 0 Å². The molecule has 0 spiro atoms. The lowest BCUT2D eigenvalue weighted by atomic mass is 10.1. The Balaban J connectivity index is 1.66. The average molecular weight is 279 g/mol. The van der Waals surface area contributed by atoms with Crippen molar-refractivity contribution in [3.05, 3.63) is 18.0 Å². The van der Waals surface area contributed by atoms with Gasteiger partial charge in [0.2, 0.25) is 5.91 Å². The fourth-order valence-electron chi connectivity index (χ4n) is 2.49. The van der Waals surface area contributed by atoms with Gasteiger partial charge in [0.05, 0.1) is 11.8 Å². The summed E-state index contributed by atoms with van der Waals surface area (Å²) in [5.41, 5.74) is 0.986. The molecule has 112 valence electrons. The molecule has 1 aromatic rings. The predicted molar refractivity (Wildman–Crippen MR) is 77.4 cm³/mol. The first kappa shape index (κ1) is 15.0. The Bertz CT molecular complexity index is 425. The van der Waals surface area contributed by atoms with Crippen LogP contribution in [0.4, 0.5) is 0 Å². The van der Waals surface area contributed by atoms with Gasteiger partial charge in [-0.15, -0.1) is 0 Å². The molecule has 20 heavy (non-hydrogen) atoms. The maximum Gasteiger partial charge on any atom is 0.224 e. The summed E-state index contributed by atoms with van der Waals surface area (Å²) in [5, 5.41) is 4.29. The Morgan fingerprint density at radius 2 is 2.40 bits per heavy atom. The first-order chi connectivity index (χ1) is 9.65. The summed E-state index contributed by atoms with van der Waals surface area (Å²) >= 11 is 0. The summed E-state index contributed by atoms with van der Waals surface area (Å²) < 4.78 is 7.51. The molecule has 0 aliphatic carbocycles. The molecule has 2 heterocycles. The normalized spacial score (nSPS) is 19.0. The number of amides is 1. The van der Waals surface area contributed by atoms with E-state index in [-0.39, 0.29) is 5.91 Å². The first-order valence-electron chi connectivity index (χ1n) is 7.51. The Labute approximate surface area is 120 Å². The standard InChI is InChI=1S/C15H25N3O2/c1-13-6-10-18(16-13)11-8-15(19)17(2)9-7-14-5-3-4-12-20-14/h6,10,14H,3-5,7-9,11-12H2,1-2H3/t14-/m0/s1. The molecule has 0 saturated carbocycles. The van der Waals surface area contributed by atoms with Crippen molar-refractivity contribution in [2.45, 2.75) is 51.7 Å². The van der Waals surface area contributed by atoms with Crippen molar-refractivity contribution in [2.75, 3.05) is 20.2 Å². The van der Waals surface area contributed by atoms with E-state index in [1.54, 1.807) is 0 Å². The number of hydrogen-bond acceptors (Lipinski definition) is 3. The number of hydrogen-bond donors (Lipinski definition) is 0. The van der Waals surface area contributed by atoms with Crippen LogP contribution in [0.25, 0.3) is 0 Å². The third-order valence-electron chi connectivity index (χ3n) is 3.81. The molecule has 1 fully saturated rings. The van der Waals surface area contributed by atoms with Crippen molar-refractivity contribution >= 4 is 5.91 Å². The molecule has 0 N–H and O–H groups in total. The van der Waals surface area contributed by atoms with Gasteiger partial charge in [0.25, 0.3) is 0 Å². The van der Waals surface area contributed by atoms with Crippen molar-refractivity contribution in [3.8, 4) is 0 Å². The number of nitrogens with zero attached hydrogens (tertiary/aromatic N) is 3. The third kappa shape index (κ3) is 4.63. The van der Waals surface area contributed by atoms with E-state index in [4.69, 9.17) is 4.74 Å². The van der Waals surface area contributed by atoms with E-state index in [9.17, 15) is 4.79 Å². The van der Waals surface area contributed by atoms with Crippen LogP contribution in [0.2, 0.25) is 0 Å². The number of ether oxygens (including phenoxy) is 1. The molecule has 0 unspecified atom stereocenters. The van der Waals surface area contributed by atoms with Gasteiger partial charge in [-0.05, 0) is 38.7 Å². The van der Waals surface area contributed by atoms with Gasteiger partial charge in [-0.3, -0.25) is 9.48 Å². The summed E-state index contributed by atoms with van der Waals surface area (Å²) in [5.74, 6) is 0.175. The number of aromatic nitrogens is 2. The molecule has 0 aromatic carbocycles. The second-order valence-electron chi connectivity index (χ2n) is 5.56. The van der Waals surface area contributed by atoms with E-state index in [0.29, 0.717) is 19.1 Å². The minimum atomic E-state index is 0.175. The fraction of sp³-hybridized carbons (Fsp3) is 0.733. The highest BCUT2D eigenvalue weighted by atomic mass is 16.5. The zero-order valence-electron chi connectivity index (χ0n) is 12.5. The second kappa shape index (κ2) is 7.43. The van der Waals surface area contributed by atoms with Crippen molar-refractivity contribution in [2.24, 2.45) is 0 Å². The number of aryl methyl sites for hydroxylation is 2. The minimum Gasteiger partial charge on any atom is -0.378 e. The van der Waals surface area contributed by atoms with Crippen molar-refractivity contribution in [1.29, 1.82) is 0 Å². The molecule has 1 amide bonds. The van der Waals surface area contributed by atoms with Gasteiger partial charge in [-0.2, -0.15) is 5.10 Å². The van der Waals surface area contributed by atoms with Gasteiger partial charge in [0.1, 0.15) is 0 Å². The minimum absolute atomic E-state index is 0.175. The lowest BCUT2D eigenvalue weighted by Gasteiger charge is -2.25. The SMILES string of the molecule is Cc1ccn(CCC(=O)N(C)CC[C@@H]2CCCCO2)n1. The Morgan fingerprint density at radius 3 is 3.05 bits per heavy atom. The van der Waals surface area contributed by atoms with Crippen molar-refractivity contribution < 1.29 is 9.53 Å². The highest BCUT2D eigenvalue weighted by Crippen LogP contribution is 2.15. The predicted octanol–water partition coefficient (Wildman–Crippen LogP) is 2.00. The smallest absolute Gasteiger partial charge is 0.224 e. The van der Waals surface area contributed by atoms with Crippen LogP contribution in [-0.2, 0) is 16.1 Å². The van der Waals surface area contributed by atoms with Crippen LogP contribution in [0.5, 0.6) is 0 Å². The summed E-state index contributed by atoms with van der Waals surface area (Å²) in [6.07, 6.45) is 7.27. The maximum atomic E-state index is 12.0. The van der Waals surface area contributed by atoms with Gasteiger partial charge in [-0.1, -0.05) is 0 Å². The van der Waals surface area contributed by atoms with E-state index in [0.717, 1.165) is 31.7 Å². The molecule has 2 rings (SSSR count). The van der Waals surface area contributed by atoms with Crippen LogP contribution in [0.3, 0.4) is 0 Å². The third-order valence-corrected chi connectivity index (χ3v) is 3.81. The van der Waals surface area contributed by atoms with Crippen molar-refractivity contribution in [3.63, 3.8) is 0 Å². The molecule has 1 aliphatic rings. The van der Waals surface area contributed by atoms with E-state index in [2.05, 4.69) is 5.10 Å². The second-order valence-corrected chi connectivity index (χ2v) is 5.56. The van der Waals surface area contributed by atoms with E-state index in [1.807, 2.05) is 35.8 Å². The quantitative estimate of drug-likeness (QED) is 0.800. The number of carbonyl (C=O) groups is 1. The molecular weight excluding hydrogens is 254 g/mol. The van der Waals surface area contributed by atoms with Crippen molar-refractivity contribution in [1.82, 2.24) is 14.7 Å². The Kier molecular flexibility index (Phi) is 5.59. The van der Waals surface area contributed by atoms with Gasteiger partial charge in [0, 0.05) is 39.4 Å². The molecule has 1 aromatic heterocycles. The summed E-state index contributed by atoms with van der Waals surface area (Å²) in [4.78, 5) is 13.9. The average Bonchev–Trinajstić information content (AvgIpc) is 2.89. The van der Waals surface area contributed by atoms with E-state index < -0.39 is 0 Å². The van der Waals surface area contributed by atoms with Crippen LogP contribution < -0.4 is 0 Å². The van der Waals surface area contributed by atoms with E-state index in [1.165, 1.54) is 12.8 Å². The fourth-order valence-corrected chi connectivity index (χ4v) is 2.49. The largest absolute Gasteiger partial charge is 0.378 e. The summed E-state index contributed by atoms with van der Waals surface area (Å²) in [7, 11) is 1.87. The van der Waals surface area contributed by atoms with Crippen LogP contribution >= 0.6 is 0 Å². The molecule has 5 heteroatoms. The Morgan fingerprint density at radius 1 is 1.55 bits per heavy atom. The molecule has 1 saturated heterocycles. The molecule has 1 atom stereocenters.